The van der Waals surface area contributed by atoms with Crippen LogP contribution in [0.1, 0.15) is 5.56 Å². The third-order valence-electron chi connectivity index (χ3n) is 1.17. The molecule has 0 aliphatic rings. The maximum atomic E-state index is 10.4. The Morgan fingerprint density at radius 1 is 1.21 bits per heavy atom. The Morgan fingerprint density at radius 3 is 1.86 bits per heavy atom. The fourth-order valence-electron chi connectivity index (χ4n) is 0.632. The van der Waals surface area contributed by atoms with Crippen LogP contribution in [0.25, 0.3) is 0 Å². The first-order valence-electron chi connectivity index (χ1n) is 3.68. The Morgan fingerprint density at radius 2 is 1.57 bits per heavy atom. The van der Waals surface area contributed by atoms with Crippen LogP contribution in [0.4, 0.5) is 11.7 Å². The van der Waals surface area contributed by atoms with Crippen LogP contribution < -0.4 is 5.73 Å². The van der Waals surface area contributed by atoms with E-state index in [2.05, 4.69) is 12.6 Å². The Bertz CT molecular complexity index is 252. The highest BCUT2D eigenvalue weighted by Gasteiger charge is 2.07. The van der Waals surface area contributed by atoms with Gasteiger partial charge in [-0.1, -0.05) is 12.1 Å². The van der Waals surface area contributed by atoms with E-state index in [4.69, 9.17) is 5.73 Å². The average molecular weight is 243 g/mol. The molecule has 0 atom stereocenters. The number of nitrogens with two attached hydrogens (primary N) is 1. The number of halogens is 3. The minimum Gasteiger partial charge on any atom is -0.326 e. The number of hydrogen-bond donors (Lipinski definition) is 2. The maximum Gasteiger partial charge on any atom is 0.206 e. The van der Waals surface area contributed by atoms with Crippen molar-refractivity contribution in [2.24, 2.45) is 5.73 Å². The fraction of sp³-hybridized carbons (Fsp3) is 0.250. The van der Waals surface area contributed by atoms with Gasteiger partial charge in [0.1, 0.15) is 0 Å². The molecule has 1 rings (SSSR count). The highest BCUT2D eigenvalue weighted by Crippen LogP contribution is 2.48. The smallest absolute Gasteiger partial charge is 0.206 e. The molecule has 14 heavy (non-hydrogen) atoms. The number of benzene rings is 1. The second-order valence-corrected chi connectivity index (χ2v) is 4.30. The van der Waals surface area contributed by atoms with Gasteiger partial charge in [0.25, 0.3) is 0 Å². The summed E-state index contributed by atoms with van der Waals surface area (Å²) in [5.41, 5.74) is 6.52. The molecule has 0 radical (unpaired) electrons. The van der Waals surface area contributed by atoms with E-state index in [1.807, 2.05) is 24.3 Å². The monoisotopic (exact) mass is 243 g/mol. The molecule has 0 unspecified atom stereocenters. The summed E-state index contributed by atoms with van der Waals surface area (Å²) in [5.74, 6) is 0. The molecule has 0 heterocycles. The van der Waals surface area contributed by atoms with Crippen molar-refractivity contribution >= 4 is 23.8 Å². The lowest BCUT2D eigenvalue weighted by atomic mass is 10.2. The van der Waals surface area contributed by atoms with E-state index in [1.165, 1.54) is 0 Å². The Hall–Kier alpha value is -0.330. The first-order chi connectivity index (χ1) is 6.33. The van der Waals surface area contributed by atoms with Gasteiger partial charge in [0.05, 0.1) is 0 Å². The average Bonchev–Trinajstić information content (AvgIpc) is 2.03. The second kappa shape index (κ2) is 6.21. The van der Waals surface area contributed by atoms with E-state index < -0.39 is 11.2 Å². The molecule has 0 saturated heterocycles. The molecule has 0 aliphatic heterocycles. The number of rotatable bonds is 1. The summed E-state index contributed by atoms with van der Waals surface area (Å²) in [7, 11) is 0. The van der Waals surface area contributed by atoms with Gasteiger partial charge in [0.2, 0.25) is 11.2 Å². The van der Waals surface area contributed by atoms with Gasteiger partial charge < -0.3 is 5.73 Å². The van der Waals surface area contributed by atoms with Gasteiger partial charge >= 0.3 is 0 Å². The van der Waals surface area contributed by atoms with Gasteiger partial charge in [-0.3, -0.25) is 0 Å². The van der Waals surface area contributed by atoms with Crippen LogP contribution in [0, 0.1) is 0 Å². The summed E-state index contributed by atoms with van der Waals surface area (Å²) in [6.07, 6.45) is 0.271. The summed E-state index contributed by atoms with van der Waals surface area (Å²) in [4.78, 5) is 0.979. The first-order valence-corrected chi connectivity index (χ1v) is 5.87. The summed E-state index contributed by atoms with van der Waals surface area (Å²) >= 11 is -0.537. The molecule has 0 amide bonds. The highest BCUT2D eigenvalue weighted by molar-refractivity contribution is 8.20. The normalized spacial score (nSPS) is 11.6. The number of hydrogen-bond acceptors (Lipinski definition) is 2. The summed E-state index contributed by atoms with van der Waals surface area (Å²) in [6, 6.07) is 7.82. The molecule has 1 nitrogen and oxygen atoms in total. The van der Waals surface area contributed by atoms with E-state index >= 15 is 0 Å². The first kappa shape index (κ1) is 13.7. The lowest BCUT2D eigenvalue weighted by Gasteiger charge is -1.94. The van der Waals surface area contributed by atoms with Crippen LogP contribution in [0.5, 0.6) is 0 Å². The van der Waals surface area contributed by atoms with Crippen molar-refractivity contribution in [1.29, 1.82) is 0 Å². The summed E-state index contributed by atoms with van der Waals surface area (Å²) in [5, 5.41) is 0. The summed E-state index contributed by atoms with van der Waals surface area (Å²) in [6.45, 7) is 0.605. The van der Waals surface area contributed by atoms with E-state index in [-0.39, 0.29) is 6.26 Å². The second-order valence-electron chi connectivity index (χ2n) is 2.51. The quantitative estimate of drug-likeness (QED) is 0.725. The van der Waals surface area contributed by atoms with Crippen LogP contribution in [-0.2, 0) is 6.54 Å². The van der Waals surface area contributed by atoms with E-state index in [0.29, 0.717) is 6.54 Å². The molecular formula is C8H12F3NS2. The van der Waals surface area contributed by atoms with Crippen LogP contribution in [0.2, 0.25) is 0 Å². The zero-order valence-corrected chi connectivity index (χ0v) is 9.29. The van der Waals surface area contributed by atoms with Crippen molar-refractivity contribution in [3.63, 3.8) is 0 Å². The predicted octanol–water partition coefficient (Wildman–Crippen LogP) is 3.51. The molecule has 82 valence electrons. The van der Waals surface area contributed by atoms with Gasteiger partial charge in [0, 0.05) is 17.7 Å². The minimum atomic E-state index is -4.67. The molecule has 2 N–H and O–H groups in total. The third-order valence-corrected chi connectivity index (χ3v) is 1.47. The Labute approximate surface area is 89.1 Å². The predicted molar refractivity (Wildman–Crippen MR) is 58.4 cm³/mol. The van der Waals surface area contributed by atoms with Crippen LogP contribution in [0.15, 0.2) is 29.2 Å². The van der Waals surface area contributed by atoms with Crippen molar-refractivity contribution in [3.05, 3.63) is 29.8 Å². The van der Waals surface area contributed by atoms with Gasteiger partial charge in [-0.2, -0.15) is 0 Å². The maximum absolute atomic E-state index is 10.4. The zero-order valence-electron chi connectivity index (χ0n) is 7.58. The Balaban J connectivity index is 0.000000292. The molecule has 0 aromatic heterocycles. The molecule has 0 spiro atoms. The lowest BCUT2D eigenvalue weighted by molar-refractivity contribution is 0.647. The standard InChI is InChI=1S/C7H9NS.CH3F3S/c8-5-6-1-3-7(9)4-2-6;1-5(2,3)4/h1-4,9H,5,8H2;1H3. The van der Waals surface area contributed by atoms with Crippen molar-refractivity contribution in [1.82, 2.24) is 0 Å². The summed E-state index contributed by atoms with van der Waals surface area (Å²) < 4.78 is 31.3. The molecular weight excluding hydrogens is 231 g/mol. The molecule has 1 aromatic rings. The minimum absolute atomic E-state index is 0.271. The fourth-order valence-corrected chi connectivity index (χ4v) is 0.781. The molecule has 6 heteroatoms. The van der Waals surface area contributed by atoms with E-state index in [1.54, 1.807) is 0 Å². The molecule has 0 aliphatic carbocycles. The van der Waals surface area contributed by atoms with E-state index in [9.17, 15) is 11.7 Å². The third kappa shape index (κ3) is 9.76. The van der Waals surface area contributed by atoms with Gasteiger partial charge in [-0.15, -0.1) is 24.3 Å². The van der Waals surface area contributed by atoms with Crippen molar-refractivity contribution in [2.45, 2.75) is 11.4 Å². The lowest BCUT2D eigenvalue weighted by Crippen LogP contribution is -1.94. The molecule has 0 saturated carbocycles. The van der Waals surface area contributed by atoms with Crippen LogP contribution in [-0.4, -0.2) is 6.26 Å². The highest BCUT2D eigenvalue weighted by atomic mass is 32.3. The van der Waals surface area contributed by atoms with Crippen LogP contribution in [0.3, 0.4) is 0 Å². The van der Waals surface area contributed by atoms with Gasteiger partial charge in [-0.05, 0) is 17.7 Å². The van der Waals surface area contributed by atoms with Gasteiger partial charge in [-0.25, -0.2) is 0 Å². The SMILES string of the molecule is CS(F)(F)F.NCc1ccc(S)cc1. The van der Waals surface area contributed by atoms with E-state index in [0.717, 1.165) is 10.5 Å². The molecule has 0 bridgehead atoms. The largest absolute Gasteiger partial charge is 0.326 e. The zero-order chi connectivity index (χ0) is 11.2. The van der Waals surface area contributed by atoms with Gasteiger partial charge in [0.15, 0.2) is 0 Å². The number of thiol groups is 1. The van der Waals surface area contributed by atoms with Crippen LogP contribution >= 0.6 is 23.8 Å². The van der Waals surface area contributed by atoms with Crippen molar-refractivity contribution in [2.75, 3.05) is 6.26 Å². The van der Waals surface area contributed by atoms with Crippen molar-refractivity contribution in [3.8, 4) is 0 Å². The topological polar surface area (TPSA) is 26.0 Å². The van der Waals surface area contributed by atoms with Crippen molar-refractivity contribution < 1.29 is 11.7 Å². The molecule has 0 fully saturated rings. The molecule has 1 aromatic carbocycles. The Kier molecular flexibility index (Phi) is 6.06.